The van der Waals surface area contributed by atoms with Gasteiger partial charge in [0.1, 0.15) is 17.1 Å². The Morgan fingerprint density at radius 2 is 1.51 bits per heavy atom. The lowest BCUT2D eigenvalue weighted by Gasteiger charge is -2.13. The smallest absolute Gasteiger partial charge is 0.338 e. The normalized spacial score (nSPS) is 10.4. The van der Waals surface area contributed by atoms with Crippen LogP contribution in [0, 0.1) is 0 Å². The van der Waals surface area contributed by atoms with E-state index in [4.69, 9.17) is 14.2 Å². The first-order valence-corrected chi connectivity index (χ1v) is 12.8. The van der Waals surface area contributed by atoms with Gasteiger partial charge < -0.3 is 24.8 Å². The van der Waals surface area contributed by atoms with E-state index in [2.05, 4.69) is 10.6 Å². The maximum atomic E-state index is 12.9. The predicted molar refractivity (Wildman–Crippen MR) is 145 cm³/mol. The molecule has 2 N–H and O–H groups in total. The first kappa shape index (κ1) is 27.6. The van der Waals surface area contributed by atoms with Crippen LogP contribution < -0.4 is 20.1 Å². The highest BCUT2D eigenvalue weighted by atomic mass is 32.2. The number of thioether (sulfide) groups is 1. The monoisotopic (exact) mass is 522 g/mol. The van der Waals surface area contributed by atoms with Crippen molar-refractivity contribution < 1.29 is 28.6 Å². The molecule has 0 aliphatic rings. The number of rotatable bonds is 12. The molecule has 0 bridgehead atoms. The van der Waals surface area contributed by atoms with Crippen molar-refractivity contribution in [3.63, 3.8) is 0 Å². The summed E-state index contributed by atoms with van der Waals surface area (Å²) in [6, 6.07) is 18.9. The van der Waals surface area contributed by atoms with Crippen molar-refractivity contribution in [1.82, 2.24) is 0 Å². The lowest BCUT2D eigenvalue weighted by atomic mass is 10.1. The summed E-state index contributed by atoms with van der Waals surface area (Å²) in [5.74, 6) is 0.0285. The van der Waals surface area contributed by atoms with E-state index in [1.165, 1.54) is 26.0 Å². The SMILES string of the molecule is CCCCOC(=O)c1ccc(NC(=O)CSc2cccc(NC(=O)c3c(OC)cccc3OC)c2)cc1. The summed E-state index contributed by atoms with van der Waals surface area (Å²) in [6.45, 7) is 2.42. The van der Waals surface area contributed by atoms with Gasteiger partial charge in [-0.2, -0.15) is 0 Å². The highest BCUT2D eigenvalue weighted by Gasteiger charge is 2.18. The van der Waals surface area contributed by atoms with Gasteiger partial charge in [-0.3, -0.25) is 9.59 Å². The van der Waals surface area contributed by atoms with E-state index in [1.54, 1.807) is 60.7 Å². The van der Waals surface area contributed by atoms with Crippen molar-refractivity contribution in [1.29, 1.82) is 0 Å². The number of anilines is 2. The molecule has 0 aliphatic carbocycles. The second-order valence-corrected chi connectivity index (χ2v) is 8.97. The first-order valence-electron chi connectivity index (χ1n) is 11.8. The van der Waals surface area contributed by atoms with Crippen LogP contribution in [0.3, 0.4) is 0 Å². The minimum absolute atomic E-state index is 0.165. The Hall–Kier alpha value is -3.98. The van der Waals surface area contributed by atoms with Crippen LogP contribution in [0.15, 0.2) is 71.6 Å². The van der Waals surface area contributed by atoms with Gasteiger partial charge in [-0.1, -0.05) is 25.5 Å². The molecule has 0 atom stereocenters. The fourth-order valence-electron chi connectivity index (χ4n) is 3.36. The number of amides is 2. The number of nitrogens with one attached hydrogen (secondary N) is 2. The Morgan fingerprint density at radius 3 is 2.16 bits per heavy atom. The summed E-state index contributed by atoms with van der Waals surface area (Å²) in [5.41, 5.74) is 1.89. The molecule has 0 aliphatic heterocycles. The molecule has 0 radical (unpaired) electrons. The van der Waals surface area contributed by atoms with Crippen LogP contribution in [0.2, 0.25) is 0 Å². The molecule has 2 amide bonds. The molecule has 0 aromatic heterocycles. The van der Waals surface area contributed by atoms with Crippen molar-refractivity contribution in [2.24, 2.45) is 0 Å². The molecule has 9 heteroatoms. The lowest BCUT2D eigenvalue weighted by Crippen LogP contribution is -2.15. The number of carbonyl (C=O) groups excluding carboxylic acids is 3. The minimum atomic E-state index is -0.377. The average Bonchev–Trinajstić information content (AvgIpc) is 2.92. The van der Waals surface area contributed by atoms with Crippen LogP contribution in [0.4, 0.5) is 11.4 Å². The Kier molecular flexibility index (Phi) is 10.4. The van der Waals surface area contributed by atoms with Crippen LogP contribution in [0.5, 0.6) is 11.5 Å². The summed E-state index contributed by atoms with van der Waals surface area (Å²) < 4.78 is 15.8. The largest absolute Gasteiger partial charge is 0.496 e. The summed E-state index contributed by atoms with van der Waals surface area (Å²) in [7, 11) is 2.98. The van der Waals surface area contributed by atoms with Gasteiger partial charge in [0, 0.05) is 16.3 Å². The Morgan fingerprint density at radius 1 is 0.838 bits per heavy atom. The quantitative estimate of drug-likeness (QED) is 0.180. The van der Waals surface area contributed by atoms with Gasteiger partial charge in [0.05, 0.1) is 32.1 Å². The third-order valence-electron chi connectivity index (χ3n) is 5.25. The third kappa shape index (κ3) is 8.01. The van der Waals surface area contributed by atoms with E-state index in [9.17, 15) is 14.4 Å². The van der Waals surface area contributed by atoms with Crippen LogP contribution in [0.25, 0.3) is 0 Å². The summed E-state index contributed by atoms with van der Waals surface area (Å²) in [6.07, 6.45) is 1.77. The highest BCUT2D eigenvalue weighted by Crippen LogP contribution is 2.30. The zero-order chi connectivity index (χ0) is 26.6. The number of benzene rings is 3. The number of methoxy groups -OCH3 is 2. The van der Waals surface area contributed by atoms with Crippen molar-refractivity contribution in [2.75, 3.05) is 37.2 Å². The van der Waals surface area contributed by atoms with Gasteiger partial charge in [0.25, 0.3) is 5.91 Å². The summed E-state index contributed by atoms with van der Waals surface area (Å²) in [5, 5.41) is 5.67. The molecule has 3 aromatic rings. The van der Waals surface area contributed by atoms with Crippen molar-refractivity contribution in [2.45, 2.75) is 24.7 Å². The van der Waals surface area contributed by atoms with Gasteiger partial charge in [-0.25, -0.2) is 4.79 Å². The molecule has 37 heavy (non-hydrogen) atoms. The van der Waals surface area contributed by atoms with Crippen molar-refractivity contribution in [3.8, 4) is 11.5 Å². The zero-order valence-electron chi connectivity index (χ0n) is 21.0. The fraction of sp³-hybridized carbons (Fsp3) is 0.250. The molecule has 0 heterocycles. The van der Waals surface area contributed by atoms with Crippen LogP contribution in [0.1, 0.15) is 40.5 Å². The molecule has 0 fully saturated rings. The Labute approximate surface area is 220 Å². The maximum Gasteiger partial charge on any atom is 0.338 e. The van der Waals surface area contributed by atoms with Crippen molar-refractivity contribution >= 4 is 40.9 Å². The van der Waals surface area contributed by atoms with E-state index in [0.29, 0.717) is 40.6 Å². The fourth-order valence-corrected chi connectivity index (χ4v) is 4.12. The minimum Gasteiger partial charge on any atom is -0.496 e. The third-order valence-corrected chi connectivity index (χ3v) is 6.25. The van der Waals surface area contributed by atoms with Gasteiger partial charge in [0.15, 0.2) is 0 Å². The number of hydrogen-bond donors (Lipinski definition) is 2. The van der Waals surface area contributed by atoms with Gasteiger partial charge in [-0.05, 0) is 61.0 Å². The second-order valence-electron chi connectivity index (χ2n) is 7.92. The topological polar surface area (TPSA) is 103 Å². The maximum absolute atomic E-state index is 12.9. The molecule has 0 saturated carbocycles. The van der Waals surface area contributed by atoms with E-state index < -0.39 is 0 Å². The van der Waals surface area contributed by atoms with Crippen LogP contribution in [-0.4, -0.2) is 44.4 Å². The van der Waals surface area contributed by atoms with Crippen molar-refractivity contribution in [3.05, 3.63) is 77.9 Å². The van der Waals surface area contributed by atoms with Crippen LogP contribution in [-0.2, 0) is 9.53 Å². The summed E-state index contributed by atoms with van der Waals surface area (Å²) in [4.78, 5) is 38.2. The Bertz CT molecular complexity index is 1210. The van der Waals surface area contributed by atoms with E-state index in [1.807, 2.05) is 13.0 Å². The van der Waals surface area contributed by atoms with E-state index in [0.717, 1.165) is 17.7 Å². The van der Waals surface area contributed by atoms with Gasteiger partial charge in [-0.15, -0.1) is 11.8 Å². The molecule has 3 rings (SSSR count). The second kappa shape index (κ2) is 13.9. The molecule has 8 nitrogen and oxygen atoms in total. The molecular weight excluding hydrogens is 492 g/mol. The first-order chi connectivity index (χ1) is 17.9. The number of carbonyl (C=O) groups is 3. The Balaban J connectivity index is 1.55. The predicted octanol–water partition coefficient (Wildman–Crippen LogP) is 5.64. The average molecular weight is 523 g/mol. The number of unbranched alkanes of at least 4 members (excludes halogenated alkanes) is 1. The molecule has 194 valence electrons. The number of esters is 1. The number of hydrogen-bond acceptors (Lipinski definition) is 7. The van der Waals surface area contributed by atoms with Gasteiger partial charge in [0.2, 0.25) is 5.91 Å². The molecule has 0 unspecified atom stereocenters. The summed E-state index contributed by atoms with van der Waals surface area (Å²) >= 11 is 1.33. The molecule has 3 aromatic carbocycles. The highest BCUT2D eigenvalue weighted by molar-refractivity contribution is 8.00. The van der Waals surface area contributed by atoms with Gasteiger partial charge >= 0.3 is 5.97 Å². The standard InChI is InChI=1S/C28H30N2O6S/c1-4-5-16-36-28(33)19-12-14-20(15-13-19)29-25(31)18-37-22-9-6-8-21(17-22)30-27(32)26-23(34-2)10-7-11-24(26)35-3/h6-15,17H,4-5,16,18H2,1-3H3,(H,29,31)(H,30,32). The van der Waals surface area contributed by atoms with E-state index in [-0.39, 0.29) is 23.5 Å². The molecule has 0 saturated heterocycles. The van der Waals surface area contributed by atoms with Crippen LogP contribution >= 0.6 is 11.8 Å². The number of ether oxygens (including phenoxy) is 3. The lowest BCUT2D eigenvalue weighted by molar-refractivity contribution is -0.113. The van der Waals surface area contributed by atoms with E-state index >= 15 is 0 Å². The zero-order valence-corrected chi connectivity index (χ0v) is 21.9. The molecular formula is C28H30N2O6S. The molecule has 0 spiro atoms.